The van der Waals surface area contributed by atoms with E-state index in [-0.39, 0.29) is 5.97 Å². The fourth-order valence-corrected chi connectivity index (χ4v) is 1.74. The van der Waals surface area contributed by atoms with E-state index in [9.17, 15) is 4.79 Å². The summed E-state index contributed by atoms with van der Waals surface area (Å²) in [6.45, 7) is 6.04. The van der Waals surface area contributed by atoms with Gasteiger partial charge in [-0.05, 0) is 19.8 Å². The highest BCUT2D eigenvalue weighted by molar-refractivity contribution is 5.86. The smallest absolute Gasteiger partial charge is 0.333 e. The van der Waals surface area contributed by atoms with Crippen molar-refractivity contribution in [2.45, 2.75) is 64.7 Å². The summed E-state index contributed by atoms with van der Waals surface area (Å²) in [5.41, 5.74) is 0.470. The van der Waals surface area contributed by atoms with Crippen LogP contribution in [0, 0.1) is 0 Å². The summed E-state index contributed by atoms with van der Waals surface area (Å²) < 4.78 is 5.01. The summed E-state index contributed by atoms with van der Waals surface area (Å²) in [6.07, 6.45) is 10.4. The van der Waals surface area contributed by atoms with Gasteiger partial charge in [-0.3, -0.25) is 0 Å². The first-order valence-corrected chi connectivity index (χ1v) is 7.12. The number of carbonyl (C=O) groups is 1. The van der Waals surface area contributed by atoms with Gasteiger partial charge in [-0.2, -0.15) is 0 Å². The number of esters is 1. The minimum atomic E-state index is -0.279. The van der Waals surface area contributed by atoms with Gasteiger partial charge >= 0.3 is 5.97 Å². The van der Waals surface area contributed by atoms with Crippen molar-refractivity contribution in [3.63, 3.8) is 0 Å². The number of hydrogen-bond donors (Lipinski definition) is 1. The largest absolute Gasteiger partial charge is 0.462 e. The van der Waals surface area contributed by atoms with Crippen LogP contribution < -0.4 is 0 Å². The second kappa shape index (κ2) is 12.6. The summed E-state index contributed by atoms with van der Waals surface area (Å²) in [5, 5.41) is 8.62. The topological polar surface area (TPSA) is 46.5 Å². The molecule has 0 aromatic heterocycles. The summed E-state index contributed by atoms with van der Waals surface area (Å²) in [5.74, 6) is -0.279. The van der Waals surface area contributed by atoms with Crippen LogP contribution >= 0.6 is 0 Å². The quantitative estimate of drug-likeness (QED) is 0.329. The Bertz CT molecular complexity index is 224. The maximum atomic E-state index is 11.1. The second-order valence-corrected chi connectivity index (χ2v) is 4.82. The standard InChI is InChI=1S/C15H28O3/c1-14(2)15(17)18-13-11-9-7-5-3-4-6-8-10-12-16/h16H,1,3-13H2,2H3. The van der Waals surface area contributed by atoms with Crippen LogP contribution in [0.15, 0.2) is 12.2 Å². The molecule has 0 fully saturated rings. The van der Waals surface area contributed by atoms with Crippen molar-refractivity contribution in [2.75, 3.05) is 13.2 Å². The lowest BCUT2D eigenvalue weighted by atomic mass is 10.1. The van der Waals surface area contributed by atoms with E-state index in [2.05, 4.69) is 6.58 Å². The number of hydrogen-bond acceptors (Lipinski definition) is 3. The normalized spacial score (nSPS) is 10.3. The maximum absolute atomic E-state index is 11.1. The predicted octanol–water partition coefficient (Wildman–Crippen LogP) is 3.61. The zero-order valence-electron chi connectivity index (χ0n) is 11.7. The third kappa shape index (κ3) is 11.6. The van der Waals surface area contributed by atoms with E-state index in [1.54, 1.807) is 6.92 Å². The molecule has 0 heterocycles. The number of aliphatic hydroxyl groups is 1. The van der Waals surface area contributed by atoms with Crippen LogP contribution in [0.5, 0.6) is 0 Å². The first-order valence-electron chi connectivity index (χ1n) is 7.12. The molecule has 0 saturated heterocycles. The maximum Gasteiger partial charge on any atom is 0.333 e. The molecule has 0 rings (SSSR count). The minimum absolute atomic E-state index is 0.279. The molecule has 0 bridgehead atoms. The van der Waals surface area contributed by atoms with Gasteiger partial charge in [0.05, 0.1) is 6.61 Å². The highest BCUT2D eigenvalue weighted by Gasteiger charge is 2.01. The lowest BCUT2D eigenvalue weighted by Gasteiger charge is -2.04. The fourth-order valence-electron chi connectivity index (χ4n) is 1.74. The Hall–Kier alpha value is -0.830. The molecule has 0 radical (unpaired) electrons. The molecule has 0 spiro atoms. The number of carbonyl (C=O) groups excluding carboxylic acids is 1. The van der Waals surface area contributed by atoms with Gasteiger partial charge in [0.2, 0.25) is 0 Å². The number of unbranched alkanes of at least 4 members (excludes halogenated alkanes) is 8. The van der Waals surface area contributed by atoms with Crippen LogP contribution in [0.1, 0.15) is 64.7 Å². The molecule has 0 aliphatic heterocycles. The van der Waals surface area contributed by atoms with Gasteiger partial charge in [0.15, 0.2) is 0 Å². The van der Waals surface area contributed by atoms with Crippen LogP contribution in [0.4, 0.5) is 0 Å². The van der Waals surface area contributed by atoms with Gasteiger partial charge in [-0.25, -0.2) is 4.79 Å². The van der Waals surface area contributed by atoms with E-state index >= 15 is 0 Å². The number of ether oxygens (including phenoxy) is 1. The molecule has 0 aromatic rings. The Kier molecular flexibility index (Phi) is 12.0. The highest BCUT2D eigenvalue weighted by Crippen LogP contribution is 2.09. The summed E-state index contributed by atoms with van der Waals surface area (Å²) in [7, 11) is 0. The van der Waals surface area contributed by atoms with Crippen LogP contribution in [-0.2, 0) is 9.53 Å². The lowest BCUT2D eigenvalue weighted by molar-refractivity contribution is -0.139. The molecule has 0 unspecified atom stereocenters. The van der Waals surface area contributed by atoms with E-state index < -0.39 is 0 Å². The van der Waals surface area contributed by atoms with Crippen molar-refractivity contribution < 1.29 is 14.6 Å². The van der Waals surface area contributed by atoms with Gasteiger partial charge < -0.3 is 9.84 Å². The fraction of sp³-hybridized carbons (Fsp3) is 0.800. The van der Waals surface area contributed by atoms with Gasteiger partial charge in [-0.1, -0.05) is 51.5 Å². The molecule has 0 amide bonds. The van der Waals surface area contributed by atoms with E-state index in [0.717, 1.165) is 25.7 Å². The Balaban J connectivity index is 3.07. The Morgan fingerprint density at radius 2 is 1.39 bits per heavy atom. The molecular weight excluding hydrogens is 228 g/mol. The SMILES string of the molecule is C=C(C)C(=O)OCCCCCCCCCCCO. The van der Waals surface area contributed by atoms with Crippen molar-refractivity contribution in [3.8, 4) is 0 Å². The summed E-state index contributed by atoms with van der Waals surface area (Å²) in [6, 6.07) is 0. The van der Waals surface area contributed by atoms with Gasteiger partial charge in [0, 0.05) is 12.2 Å². The molecule has 3 heteroatoms. The second-order valence-electron chi connectivity index (χ2n) is 4.82. The summed E-state index contributed by atoms with van der Waals surface area (Å²) in [4.78, 5) is 11.1. The zero-order chi connectivity index (χ0) is 13.6. The molecule has 106 valence electrons. The average Bonchev–Trinajstić information content (AvgIpc) is 2.35. The molecule has 0 saturated carbocycles. The van der Waals surface area contributed by atoms with Crippen LogP contribution in [-0.4, -0.2) is 24.3 Å². The molecule has 3 nitrogen and oxygen atoms in total. The van der Waals surface area contributed by atoms with Gasteiger partial charge in [0.1, 0.15) is 0 Å². The molecule has 0 aliphatic carbocycles. The average molecular weight is 256 g/mol. The molecule has 0 aromatic carbocycles. The zero-order valence-corrected chi connectivity index (χ0v) is 11.7. The monoisotopic (exact) mass is 256 g/mol. The molecule has 18 heavy (non-hydrogen) atoms. The Morgan fingerprint density at radius 3 is 1.83 bits per heavy atom. The third-order valence-electron chi connectivity index (χ3n) is 2.88. The van der Waals surface area contributed by atoms with Gasteiger partial charge in [0.25, 0.3) is 0 Å². The minimum Gasteiger partial charge on any atom is -0.462 e. The molecule has 1 N–H and O–H groups in total. The first-order chi connectivity index (χ1) is 8.68. The van der Waals surface area contributed by atoms with E-state index in [1.165, 1.54) is 32.1 Å². The van der Waals surface area contributed by atoms with Crippen LogP contribution in [0.2, 0.25) is 0 Å². The predicted molar refractivity (Wildman–Crippen MR) is 74.4 cm³/mol. The molecule has 0 aliphatic rings. The summed E-state index contributed by atoms with van der Waals surface area (Å²) >= 11 is 0. The number of aliphatic hydroxyl groups excluding tert-OH is 1. The van der Waals surface area contributed by atoms with Crippen molar-refractivity contribution in [1.82, 2.24) is 0 Å². The Morgan fingerprint density at radius 1 is 0.944 bits per heavy atom. The van der Waals surface area contributed by atoms with E-state index in [1.807, 2.05) is 0 Å². The Labute approximate surface area is 111 Å². The molecular formula is C15H28O3. The van der Waals surface area contributed by atoms with Crippen LogP contribution in [0.25, 0.3) is 0 Å². The van der Waals surface area contributed by atoms with Crippen molar-refractivity contribution in [2.24, 2.45) is 0 Å². The molecule has 0 atom stereocenters. The first kappa shape index (κ1) is 17.2. The van der Waals surface area contributed by atoms with Crippen molar-refractivity contribution >= 4 is 5.97 Å². The third-order valence-corrected chi connectivity index (χ3v) is 2.88. The van der Waals surface area contributed by atoms with E-state index in [0.29, 0.717) is 18.8 Å². The highest BCUT2D eigenvalue weighted by atomic mass is 16.5. The van der Waals surface area contributed by atoms with Crippen molar-refractivity contribution in [1.29, 1.82) is 0 Å². The van der Waals surface area contributed by atoms with Crippen LogP contribution in [0.3, 0.4) is 0 Å². The lowest BCUT2D eigenvalue weighted by Crippen LogP contribution is -2.05. The van der Waals surface area contributed by atoms with Crippen molar-refractivity contribution in [3.05, 3.63) is 12.2 Å². The van der Waals surface area contributed by atoms with E-state index in [4.69, 9.17) is 9.84 Å². The number of rotatable bonds is 12. The van der Waals surface area contributed by atoms with Gasteiger partial charge in [-0.15, -0.1) is 0 Å².